The summed E-state index contributed by atoms with van der Waals surface area (Å²) in [5.41, 5.74) is 2.71. The van der Waals surface area contributed by atoms with E-state index in [1.165, 1.54) is 12.5 Å². The number of benzene rings is 1. The largest absolute Gasteiger partial charge is 0.299 e. The first-order chi connectivity index (χ1) is 13.1. The number of hydrogen-bond acceptors (Lipinski definition) is 3. The third kappa shape index (κ3) is 4.38. The van der Waals surface area contributed by atoms with Gasteiger partial charge in [0.15, 0.2) is 11.6 Å². The first-order valence-electron chi connectivity index (χ1n) is 9.97. The molecule has 0 amide bonds. The van der Waals surface area contributed by atoms with Crippen molar-refractivity contribution in [2.24, 2.45) is 11.8 Å². The molecular formula is C21H28F2N4. The number of H-pyrrole nitrogens is 1. The van der Waals surface area contributed by atoms with Crippen molar-refractivity contribution in [2.45, 2.75) is 39.3 Å². The lowest BCUT2D eigenvalue weighted by atomic mass is 9.83. The van der Waals surface area contributed by atoms with Gasteiger partial charge >= 0.3 is 0 Å². The maximum Gasteiger partial charge on any atom is 0.163 e. The molecule has 2 fully saturated rings. The predicted octanol–water partition coefficient (Wildman–Crippen LogP) is 3.73. The summed E-state index contributed by atoms with van der Waals surface area (Å²) in [7, 11) is 0. The molecule has 146 valence electrons. The average Bonchev–Trinajstić information content (AvgIpc) is 3.29. The molecule has 0 unspecified atom stereocenters. The molecule has 4 rings (SSSR count). The highest BCUT2D eigenvalue weighted by atomic mass is 19.2. The summed E-state index contributed by atoms with van der Waals surface area (Å²) in [5.74, 6) is 0.0443. The molecule has 2 aliphatic rings. The van der Waals surface area contributed by atoms with Gasteiger partial charge in [-0.15, -0.1) is 0 Å². The number of hydrogen-bond donors (Lipinski definition) is 1. The van der Waals surface area contributed by atoms with E-state index in [1.807, 2.05) is 6.92 Å². The van der Waals surface area contributed by atoms with Gasteiger partial charge in [-0.1, -0.05) is 12.1 Å². The number of nitrogens with one attached hydrogen (secondary N) is 1. The Hall–Kier alpha value is -1.79. The van der Waals surface area contributed by atoms with Crippen molar-refractivity contribution in [3.05, 3.63) is 52.9 Å². The topological polar surface area (TPSA) is 35.2 Å². The van der Waals surface area contributed by atoms with Crippen molar-refractivity contribution >= 4 is 0 Å². The number of likely N-dealkylation sites (tertiary alicyclic amines) is 2. The van der Waals surface area contributed by atoms with Crippen LogP contribution in [0.5, 0.6) is 0 Å². The third-order valence-electron chi connectivity index (χ3n) is 6.18. The molecule has 0 spiro atoms. The van der Waals surface area contributed by atoms with Crippen LogP contribution in [-0.4, -0.2) is 46.2 Å². The van der Waals surface area contributed by atoms with Crippen LogP contribution in [0.1, 0.15) is 36.2 Å². The van der Waals surface area contributed by atoms with Gasteiger partial charge in [-0.25, -0.2) is 8.78 Å². The van der Waals surface area contributed by atoms with Crippen LogP contribution in [0.2, 0.25) is 0 Å². The Morgan fingerprint density at radius 2 is 1.78 bits per heavy atom. The Bertz CT molecular complexity index is 767. The van der Waals surface area contributed by atoms with Gasteiger partial charge in [0.2, 0.25) is 0 Å². The fourth-order valence-corrected chi connectivity index (χ4v) is 4.67. The molecule has 1 atom stereocenters. The number of aromatic amines is 1. The maximum absolute atomic E-state index is 13.9. The normalized spacial score (nSPS) is 22.6. The number of aryl methyl sites for hydroxylation is 1. The summed E-state index contributed by atoms with van der Waals surface area (Å²) in [6.45, 7) is 7.70. The van der Waals surface area contributed by atoms with Gasteiger partial charge in [0.05, 0.1) is 5.69 Å². The van der Waals surface area contributed by atoms with Crippen LogP contribution in [-0.2, 0) is 13.1 Å². The second kappa shape index (κ2) is 8.07. The summed E-state index contributed by atoms with van der Waals surface area (Å²) >= 11 is 0. The molecule has 2 aliphatic heterocycles. The second-order valence-electron chi connectivity index (χ2n) is 8.15. The van der Waals surface area contributed by atoms with E-state index in [4.69, 9.17) is 0 Å². The van der Waals surface area contributed by atoms with Gasteiger partial charge in [-0.05, 0) is 69.8 Å². The zero-order valence-corrected chi connectivity index (χ0v) is 15.9. The molecular weight excluding hydrogens is 346 g/mol. The van der Waals surface area contributed by atoms with Gasteiger partial charge in [0.1, 0.15) is 0 Å². The lowest BCUT2D eigenvalue weighted by Gasteiger charge is -2.35. The lowest BCUT2D eigenvalue weighted by molar-refractivity contribution is 0.139. The molecule has 3 heterocycles. The van der Waals surface area contributed by atoms with Gasteiger partial charge in [-0.3, -0.25) is 14.9 Å². The smallest absolute Gasteiger partial charge is 0.163 e. The maximum atomic E-state index is 13.9. The molecule has 0 saturated carbocycles. The molecule has 2 aromatic rings. The predicted molar refractivity (Wildman–Crippen MR) is 101 cm³/mol. The Balaban J connectivity index is 1.25. The van der Waals surface area contributed by atoms with Crippen molar-refractivity contribution in [1.29, 1.82) is 0 Å². The van der Waals surface area contributed by atoms with Crippen molar-refractivity contribution in [3.63, 3.8) is 0 Å². The fourth-order valence-electron chi connectivity index (χ4n) is 4.67. The summed E-state index contributed by atoms with van der Waals surface area (Å²) < 4.78 is 27.3. The fraction of sp³-hybridized carbons (Fsp3) is 0.571. The van der Waals surface area contributed by atoms with Gasteiger partial charge in [-0.2, -0.15) is 5.10 Å². The Morgan fingerprint density at radius 1 is 1.04 bits per heavy atom. The first kappa shape index (κ1) is 18.6. The molecule has 0 aliphatic carbocycles. The van der Waals surface area contributed by atoms with Crippen LogP contribution in [0.4, 0.5) is 8.78 Å². The molecule has 6 heteroatoms. The number of aromatic nitrogens is 2. The quantitative estimate of drug-likeness (QED) is 0.866. The van der Waals surface area contributed by atoms with Crippen LogP contribution >= 0.6 is 0 Å². The van der Waals surface area contributed by atoms with Crippen molar-refractivity contribution < 1.29 is 8.78 Å². The van der Waals surface area contributed by atoms with E-state index >= 15 is 0 Å². The van der Waals surface area contributed by atoms with Crippen molar-refractivity contribution in [2.75, 3.05) is 26.2 Å². The second-order valence-corrected chi connectivity index (χ2v) is 8.15. The molecule has 1 aromatic heterocycles. The molecule has 1 N–H and O–H groups in total. The Labute approximate surface area is 159 Å². The van der Waals surface area contributed by atoms with Crippen molar-refractivity contribution in [3.8, 4) is 0 Å². The number of rotatable bonds is 5. The van der Waals surface area contributed by atoms with E-state index < -0.39 is 11.6 Å². The van der Waals surface area contributed by atoms with Gasteiger partial charge in [0.25, 0.3) is 0 Å². The lowest BCUT2D eigenvalue weighted by Crippen LogP contribution is -2.36. The molecule has 1 aromatic carbocycles. The van der Waals surface area contributed by atoms with Gasteiger partial charge < -0.3 is 0 Å². The molecule has 4 nitrogen and oxygen atoms in total. The number of piperidine rings is 1. The average molecular weight is 374 g/mol. The van der Waals surface area contributed by atoms with Crippen LogP contribution in [0, 0.1) is 30.4 Å². The number of halogens is 2. The Kier molecular flexibility index (Phi) is 5.55. The van der Waals surface area contributed by atoms with Crippen LogP contribution in [0.3, 0.4) is 0 Å². The minimum absolute atomic E-state index is 0.467. The molecule has 0 bridgehead atoms. The van der Waals surface area contributed by atoms with E-state index in [1.54, 1.807) is 12.1 Å². The highest BCUT2D eigenvalue weighted by Gasteiger charge is 2.32. The monoisotopic (exact) mass is 374 g/mol. The highest BCUT2D eigenvalue weighted by molar-refractivity contribution is 5.19. The van der Waals surface area contributed by atoms with E-state index in [2.05, 4.69) is 26.1 Å². The van der Waals surface area contributed by atoms with Crippen molar-refractivity contribution in [1.82, 2.24) is 20.0 Å². The Morgan fingerprint density at radius 3 is 2.52 bits per heavy atom. The van der Waals surface area contributed by atoms with Crippen LogP contribution in [0.25, 0.3) is 0 Å². The third-order valence-corrected chi connectivity index (χ3v) is 6.18. The first-order valence-corrected chi connectivity index (χ1v) is 9.97. The van der Waals surface area contributed by atoms with E-state index in [9.17, 15) is 8.78 Å². The molecule has 0 radical (unpaired) electrons. The standard InChI is InChI=1S/C21H28F2N4/c1-15-11-19(25-24-15)14-27-10-7-17(12-27)16-5-8-26(9-6-16)13-18-3-2-4-20(22)21(18)23/h2-4,11,16-17H,5-10,12-14H2,1H3,(H,24,25)/t17-/m1/s1. The zero-order chi connectivity index (χ0) is 18.8. The minimum atomic E-state index is -0.750. The highest BCUT2D eigenvalue weighted by Crippen LogP contribution is 2.33. The summed E-state index contributed by atoms with van der Waals surface area (Å²) in [6.07, 6.45) is 3.56. The molecule has 27 heavy (non-hydrogen) atoms. The van der Waals surface area contributed by atoms with E-state index in [-0.39, 0.29) is 0 Å². The van der Waals surface area contributed by atoms with Crippen LogP contribution < -0.4 is 0 Å². The summed E-state index contributed by atoms with van der Waals surface area (Å²) in [5, 5.41) is 7.37. The summed E-state index contributed by atoms with van der Waals surface area (Å²) in [6, 6.07) is 6.59. The minimum Gasteiger partial charge on any atom is -0.299 e. The van der Waals surface area contributed by atoms with Crippen LogP contribution in [0.15, 0.2) is 24.3 Å². The SMILES string of the molecule is Cc1cc(CN2CC[C@@H](C3CCN(Cc4cccc(F)c4F)CC3)C2)n[nH]1. The summed E-state index contributed by atoms with van der Waals surface area (Å²) in [4.78, 5) is 4.77. The van der Waals surface area contributed by atoms with E-state index in [0.29, 0.717) is 12.1 Å². The van der Waals surface area contributed by atoms with Gasteiger partial charge in [0, 0.05) is 30.9 Å². The number of nitrogens with zero attached hydrogens (tertiary/aromatic N) is 3. The zero-order valence-electron chi connectivity index (χ0n) is 15.9. The van der Waals surface area contributed by atoms with E-state index in [0.717, 1.165) is 68.8 Å². The molecule has 2 saturated heterocycles.